The Labute approximate surface area is 116 Å². The summed E-state index contributed by atoms with van der Waals surface area (Å²) in [6, 6.07) is 5.99. The fraction of sp³-hybridized carbons (Fsp3) is 0.625. The van der Waals surface area contributed by atoms with Gasteiger partial charge in [-0.2, -0.15) is 0 Å². The lowest BCUT2D eigenvalue weighted by molar-refractivity contribution is 0.311. The summed E-state index contributed by atoms with van der Waals surface area (Å²) in [7, 11) is 0. The van der Waals surface area contributed by atoms with Crippen molar-refractivity contribution in [3.63, 3.8) is 0 Å². The highest BCUT2D eigenvalue weighted by molar-refractivity contribution is 5.38. The molecule has 1 aliphatic rings. The minimum absolute atomic E-state index is 0.118. The fourth-order valence-electron chi connectivity index (χ4n) is 2.67. The second kappa shape index (κ2) is 5.51. The van der Waals surface area contributed by atoms with Gasteiger partial charge in [-0.15, -0.1) is 0 Å². The van der Waals surface area contributed by atoms with Gasteiger partial charge < -0.3 is 10.8 Å². The first kappa shape index (κ1) is 14.4. The van der Waals surface area contributed by atoms with E-state index >= 15 is 0 Å². The third kappa shape index (κ3) is 3.48. The monoisotopic (exact) mass is 262 g/mol. The highest BCUT2D eigenvalue weighted by atomic mass is 16.3. The van der Waals surface area contributed by atoms with E-state index in [0.717, 1.165) is 31.7 Å². The average Bonchev–Trinajstić information content (AvgIpc) is 2.78. The number of benzene rings is 1. The Morgan fingerprint density at radius 3 is 2.68 bits per heavy atom. The van der Waals surface area contributed by atoms with E-state index in [2.05, 4.69) is 31.7 Å². The number of nitrogens with zero attached hydrogens (tertiary/aromatic N) is 1. The van der Waals surface area contributed by atoms with Gasteiger partial charge in [0, 0.05) is 18.7 Å². The number of nitrogens with two attached hydrogens (primary N) is 1. The summed E-state index contributed by atoms with van der Waals surface area (Å²) >= 11 is 0. The molecule has 0 bridgehead atoms. The SMILES string of the molecule is CC(C)(C)c1ccc(O)c(CN2CCC(CN)C2)c1. The molecule has 0 aliphatic carbocycles. The maximum atomic E-state index is 10.0. The van der Waals surface area contributed by atoms with Gasteiger partial charge in [0.2, 0.25) is 0 Å². The van der Waals surface area contributed by atoms with E-state index in [0.29, 0.717) is 11.7 Å². The van der Waals surface area contributed by atoms with Gasteiger partial charge in [-0.05, 0) is 42.5 Å². The number of hydrogen-bond donors (Lipinski definition) is 2. The van der Waals surface area contributed by atoms with Gasteiger partial charge in [0.05, 0.1) is 0 Å². The maximum absolute atomic E-state index is 10.0. The molecule has 3 N–H and O–H groups in total. The lowest BCUT2D eigenvalue weighted by Gasteiger charge is -2.22. The Hall–Kier alpha value is -1.06. The molecule has 0 aromatic heterocycles. The number of phenols is 1. The van der Waals surface area contributed by atoms with Gasteiger partial charge in [-0.3, -0.25) is 4.90 Å². The topological polar surface area (TPSA) is 49.5 Å². The summed E-state index contributed by atoms with van der Waals surface area (Å²) in [5.41, 5.74) is 8.15. The Kier molecular flexibility index (Phi) is 4.16. The van der Waals surface area contributed by atoms with Gasteiger partial charge in [-0.1, -0.05) is 32.9 Å². The molecule has 1 aromatic rings. The zero-order valence-electron chi connectivity index (χ0n) is 12.3. The zero-order valence-corrected chi connectivity index (χ0v) is 12.3. The molecule has 1 aliphatic heterocycles. The van der Waals surface area contributed by atoms with Crippen LogP contribution in [0, 0.1) is 5.92 Å². The maximum Gasteiger partial charge on any atom is 0.120 e. The van der Waals surface area contributed by atoms with Crippen LogP contribution < -0.4 is 5.73 Å². The first-order valence-electron chi connectivity index (χ1n) is 7.15. The van der Waals surface area contributed by atoms with Gasteiger partial charge in [0.1, 0.15) is 5.75 Å². The third-order valence-electron chi connectivity index (χ3n) is 4.04. The summed E-state index contributed by atoms with van der Waals surface area (Å²) in [6.45, 7) is 10.3. The summed E-state index contributed by atoms with van der Waals surface area (Å²) in [5.74, 6) is 1.03. The lowest BCUT2D eigenvalue weighted by atomic mass is 9.86. The highest BCUT2D eigenvalue weighted by Crippen LogP contribution is 2.29. The average molecular weight is 262 g/mol. The first-order chi connectivity index (χ1) is 8.90. The van der Waals surface area contributed by atoms with Crippen LogP contribution in [0.5, 0.6) is 5.75 Å². The van der Waals surface area contributed by atoms with E-state index in [-0.39, 0.29) is 5.41 Å². The van der Waals surface area contributed by atoms with Crippen molar-refractivity contribution in [1.29, 1.82) is 0 Å². The van der Waals surface area contributed by atoms with Crippen LogP contribution in [0.1, 0.15) is 38.3 Å². The minimum atomic E-state index is 0.118. The molecule has 3 nitrogen and oxygen atoms in total. The Balaban J connectivity index is 2.12. The molecule has 1 fully saturated rings. The minimum Gasteiger partial charge on any atom is -0.508 e. The Bertz CT molecular complexity index is 437. The molecule has 19 heavy (non-hydrogen) atoms. The van der Waals surface area contributed by atoms with Crippen molar-refractivity contribution in [2.45, 2.75) is 39.2 Å². The molecule has 3 heteroatoms. The van der Waals surface area contributed by atoms with Crippen LogP contribution in [-0.2, 0) is 12.0 Å². The molecule has 0 saturated carbocycles. The molecule has 1 aromatic carbocycles. The third-order valence-corrected chi connectivity index (χ3v) is 4.04. The number of aromatic hydroxyl groups is 1. The van der Waals surface area contributed by atoms with E-state index in [4.69, 9.17) is 5.73 Å². The van der Waals surface area contributed by atoms with Gasteiger partial charge in [0.15, 0.2) is 0 Å². The highest BCUT2D eigenvalue weighted by Gasteiger charge is 2.22. The van der Waals surface area contributed by atoms with Crippen molar-refractivity contribution < 1.29 is 5.11 Å². The van der Waals surface area contributed by atoms with Crippen LogP contribution in [0.15, 0.2) is 18.2 Å². The van der Waals surface area contributed by atoms with E-state index in [1.165, 1.54) is 12.0 Å². The summed E-state index contributed by atoms with van der Waals surface area (Å²) < 4.78 is 0. The van der Waals surface area contributed by atoms with E-state index in [1.54, 1.807) is 0 Å². The smallest absolute Gasteiger partial charge is 0.120 e. The predicted octanol–water partition coefficient (Wildman–Crippen LogP) is 2.47. The molecule has 1 saturated heterocycles. The molecular formula is C16H26N2O. The standard InChI is InChI=1S/C16H26N2O/c1-16(2,3)14-4-5-15(19)13(8-14)11-18-7-6-12(9-17)10-18/h4-5,8,12,19H,6-7,9-11,17H2,1-3H3. The Morgan fingerprint density at radius 2 is 2.11 bits per heavy atom. The largest absolute Gasteiger partial charge is 0.508 e. The van der Waals surface area contributed by atoms with Gasteiger partial charge in [0.25, 0.3) is 0 Å². The molecule has 1 atom stereocenters. The number of likely N-dealkylation sites (tertiary alicyclic amines) is 1. The summed E-state index contributed by atoms with van der Waals surface area (Å²) in [4.78, 5) is 2.39. The van der Waals surface area contributed by atoms with E-state index in [9.17, 15) is 5.11 Å². The molecule has 0 radical (unpaired) electrons. The van der Waals surface area contributed by atoms with Gasteiger partial charge >= 0.3 is 0 Å². The van der Waals surface area contributed by atoms with Crippen molar-refractivity contribution in [2.75, 3.05) is 19.6 Å². The van der Waals surface area contributed by atoms with Crippen LogP contribution in [0.4, 0.5) is 0 Å². The van der Waals surface area contributed by atoms with Crippen LogP contribution in [-0.4, -0.2) is 29.6 Å². The molecule has 1 unspecified atom stereocenters. The van der Waals surface area contributed by atoms with Crippen molar-refractivity contribution in [3.8, 4) is 5.75 Å². The molecular weight excluding hydrogens is 236 g/mol. The molecule has 0 amide bonds. The predicted molar refractivity (Wildman–Crippen MR) is 79.2 cm³/mol. The van der Waals surface area contributed by atoms with Crippen LogP contribution in [0.2, 0.25) is 0 Å². The molecule has 2 rings (SSSR count). The van der Waals surface area contributed by atoms with Crippen molar-refractivity contribution in [3.05, 3.63) is 29.3 Å². The van der Waals surface area contributed by atoms with E-state index < -0.39 is 0 Å². The first-order valence-corrected chi connectivity index (χ1v) is 7.15. The fourth-order valence-corrected chi connectivity index (χ4v) is 2.67. The number of phenolic OH excluding ortho intramolecular Hbond substituents is 1. The molecule has 106 valence electrons. The number of hydrogen-bond acceptors (Lipinski definition) is 3. The van der Waals surface area contributed by atoms with Gasteiger partial charge in [-0.25, -0.2) is 0 Å². The Morgan fingerprint density at radius 1 is 1.37 bits per heavy atom. The quantitative estimate of drug-likeness (QED) is 0.880. The molecule has 1 heterocycles. The van der Waals surface area contributed by atoms with Crippen molar-refractivity contribution in [1.82, 2.24) is 4.90 Å². The second-order valence-corrected chi connectivity index (χ2v) is 6.72. The van der Waals surface area contributed by atoms with Crippen LogP contribution in [0.3, 0.4) is 0 Å². The van der Waals surface area contributed by atoms with Crippen LogP contribution >= 0.6 is 0 Å². The van der Waals surface area contributed by atoms with Crippen molar-refractivity contribution >= 4 is 0 Å². The molecule has 0 spiro atoms. The summed E-state index contributed by atoms with van der Waals surface area (Å²) in [5, 5.41) is 10.0. The lowest BCUT2D eigenvalue weighted by Crippen LogP contribution is -2.23. The van der Waals surface area contributed by atoms with Crippen LogP contribution in [0.25, 0.3) is 0 Å². The second-order valence-electron chi connectivity index (χ2n) is 6.72. The zero-order chi connectivity index (χ0) is 14.0. The number of rotatable bonds is 3. The van der Waals surface area contributed by atoms with E-state index in [1.807, 2.05) is 12.1 Å². The normalized spacial score (nSPS) is 20.9. The summed E-state index contributed by atoms with van der Waals surface area (Å²) in [6.07, 6.45) is 1.18. The van der Waals surface area contributed by atoms with Crippen molar-refractivity contribution in [2.24, 2.45) is 11.7 Å².